The fourth-order valence-corrected chi connectivity index (χ4v) is 4.26. The lowest BCUT2D eigenvalue weighted by molar-refractivity contribution is -0.120. The number of hydrogen-bond acceptors (Lipinski definition) is 5. The monoisotopic (exact) mass is 477 g/mol. The second-order valence-corrected chi connectivity index (χ2v) is 10.6. The van der Waals surface area contributed by atoms with Crippen molar-refractivity contribution in [1.82, 2.24) is 15.6 Å². The maximum absolute atomic E-state index is 13.1. The predicted molar refractivity (Wildman–Crippen MR) is 120 cm³/mol. The summed E-state index contributed by atoms with van der Waals surface area (Å²) in [6, 6.07) is 10.3. The van der Waals surface area contributed by atoms with E-state index in [1.54, 1.807) is 0 Å². The zero-order valence-electron chi connectivity index (χ0n) is 18.5. The van der Waals surface area contributed by atoms with Gasteiger partial charge in [-0.25, -0.2) is 17.2 Å². The van der Waals surface area contributed by atoms with Gasteiger partial charge in [-0.1, -0.05) is 29.8 Å². The Morgan fingerprint density at radius 1 is 1.21 bits per heavy atom. The fourth-order valence-electron chi connectivity index (χ4n) is 3.68. The van der Waals surface area contributed by atoms with Crippen LogP contribution in [0.4, 0.5) is 8.78 Å². The molecule has 2 aromatic rings. The standard InChI is InChI=1S/C23H25F2N3O4S/c1-14-4-7-16(8-5-14)23(2)10-17(19-9-6-15(11-26-19)21(24)25)18(22(30)28-23)12-27-20(29)13-33(3,31)32/h4-9,11,21H,10,12-13H2,1-3H3,(H,27,29)(H,28,30). The first kappa shape index (κ1) is 24.5. The highest BCUT2D eigenvalue weighted by Gasteiger charge is 2.38. The summed E-state index contributed by atoms with van der Waals surface area (Å²) in [5.41, 5.74) is 1.87. The first-order chi connectivity index (χ1) is 15.4. The van der Waals surface area contributed by atoms with E-state index in [2.05, 4.69) is 15.6 Å². The minimum Gasteiger partial charge on any atom is -0.351 e. The molecule has 7 nitrogen and oxygen atoms in total. The van der Waals surface area contributed by atoms with Gasteiger partial charge in [0.15, 0.2) is 9.84 Å². The summed E-state index contributed by atoms with van der Waals surface area (Å²) in [7, 11) is -3.54. The molecule has 0 saturated heterocycles. The zero-order valence-corrected chi connectivity index (χ0v) is 19.3. The van der Waals surface area contributed by atoms with Crippen LogP contribution in [0.5, 0.6) is 0 Å². The minimum absolute atomic E-state index is 0.193. The van der Waals surface area contributed by atoms with E-state index in [0.29, 0.717) is 17.7 Å². The maximum Gasteiger partial charge on any atom is 0.265 e. The lowest BCUT2D eigenvalue weighted by Crippen LogP contribution is -2.49. The third kappa shape index (κ3) is 6.01. The van der Waals surface area contributed by atoms with Crippen molar-refractivity contribution in [2.45, 2.75) is 32.2 Å². The molecule has 3 rings (SSSR count). The fraction of sp³-hybridized carbons (Fsp3) is 0.348. The number of nitrogens with one attached hydrogen (secondary N) is 2. The van der Waals surface area contributed by atoms with Crippen molar-refractivity contribution in [3.8, 4) is 0 Å². The van der Waals surface area contributed by atoms with Crippen LogP contribution in [0.15, 0.2) is 48.2 Å². The molecule has 1 aromatic carbocycles. The zero-order chi connectivity index (χ0) is 24.4. The number of aromatic nitrogens is 1. The molecule has 0 bridgehead atoms. The smallest absolute Gasteiger partial charge is 0.265 e. The van der Waals surface area contributed by atoms with E-state index < -0.39 is 39.4 Å². The molecule has 1 aliphatic heterocycles. The number of benzene rings is 1. The largest absolute Gasteiger partial charge is 0.351 e. The minimum atomic E-state index is -3.54. The Morgan fingerprint density at radius 2 is 1.88 bits per heavy atom. The van der Waals surface area contributed by atoms with Gasteiger partial charge in [0.1, 0.15) is 5.75 Å². The SMILES string of the molecule is Cc1ccc(C2(C)CC(c3ccc(C(F)F)cn3)=C(CNC(=O)CS(C)(=O)=O)C(=O)N2)cc1. The summed E-state index contributed by atoms with van der Waals surface area (Å²) in [6.07, 6.45) is -0.392. The van der Waals surface area contributed by atoms with Crippen LogP contribution < -0.4 is 10.6 Å². The second kappa shape index (κ2) is 9.38. The van der Waals surface area contributed by atoms with E-state index in [4.69, 9.17) is 0 Å². The number of alkyl halides is 2. The van der Waals surface area contributed by atoms with Crippen LogP contribution in [0.3, 0.4) is 0 Å². The summed E-state index contributed by atoms with van der Waals surface area (Å²) in [4.78, 5) is 29.3. The number of hydrogen-bond donors (Lipinski definition) is 2. The molecule has 0 spiro atoms. The highest BCUT2D eigenvalue weighted by Crippen LogP contribution is 2.38. The average Bonchev–Trinajstić information content (AvgIpc) is 2.72. The number of rotatable bonds is 7. The summed E-state index contributed by atoms with van der Waals surface area (Å²) < 4.78 is 48.7. The molecule has 176 valence electrons. The van der Waals surface area contributed by atoms with Gasteiger partial charge in [-0.05, 0) is 37.1 Å². The lowest BCUT2D eigenvalue weighted by Gasteiger charge is -2.37. The number of halogens is 2. The van der Waals surface area contributed by atoms with Crippen molar-refractivity contribution < 1.29 is 26.8 Å². The molecule has 1 aromatic heterocycles. The number of aryl methyl sites for hydroxylation is 1. The third-order valence-electron chi connectivity index (χ3n) is 5.45. The topological polar surface area (TPSA) is 105 Å². The van der Waals surface area contributed by atoms with E-state index in [0.717, 1.165) is 23.6 Å². The van der Waals surface area contributed by atoms with E-state index in [-0.39, 0.29) is 17.7 Å². The Morgan fingerprint density at radius 3 is 2.42 bits per heavy atom. The molecular weight excluding hydrogens is 452 g/mol. The van der Waals surface area contributed by atoms with Crippen molar-refractivity contribution >= 4 is 27.2 Å². The molecule has 1 unspecified atom stereocenters. The Labute approximate surface area is 191 Å². The number of carbonyl (C=O) groups excluding carboxylic acids is 2. The van der Waals surface area contributed by atoms with Gasteiger partial charge in [-0.3, -0.25) is 14.6 Å². The number of pyridine rings is 1. The summed E-state index contributed by atoms with van der Waals surface area (Å²) in [5, 5.41) is 5.42. The maximum atomic E-state index is 13.1. The number of nitrogens with zero attached hydrogens (tertiary/aromatic N) is 1. The highest BCUT2D eigenvalue weighted by atomic mass is 32.2. The van der Waals surface area contributed by atoms with Gasteiger partial charge in [0.05, 0.1) is 11.2 Å². The molecule has 33 heavy (non-hydrogen) atoms. The summed E-state index contributed by atoms with van der Waals surface area (Å²) >= 11 is 0. The molecule has 0 aliphatic carbocycles. The van der Waals surface area contributed by atoms with Gasteiger partial charge in [-0.2, -0.15) is 0 Å². The third-order valence-corrected chi connectivity index (χ3v) is 6.24. The number of carbonyl (C=O) groups is 2. The van der Waals surface area contributed by atoms with Gasteiger partial charge in [0, 0.05) is 36.6 Å². The molecule has 1 atom stereocenters. The van der Waals surface area contributed by atoms with Crippen LogP contribution >= 0.6 is 0 Å². The average molecular weight is 478 g/mol. The lowest BCUT2D eigenvalue weighted by atomic mass is 9.79. The van der Waals surface area contributed by atoms with E-state index >= 15 is 0 Å². The van der Waals surface area contributed by atoms with Crippen LogP contribution in [0.25, 0.3) is 5.57 Å². The quantitative estimate of drug-likeness (QED) is 0.638. The Bertz CT molecular complexity index is 1190. The van der Waals surface area contributed by atoms with E-state index in [9.17, 15) is 26.8 Å². The molecule has 0 saturated carbocycles. The van der Waals surface area contributed by atoms with Crippen LogP contribution in [0.2, 0.25) is 0 Å². The Balaban J connectivity index is 2.00. The number of amides is 2. The van der Waals surface area contributed by atoms with Gasteiger partial charge >= 0.3 is 0 Å². The molecule has 10 heteroatoms. The first-order valence-electron chi connectivity index (χ1n) is 10.2. The van der Waals surface area contributed by atoms with Crippen LogP contribution in [-0.4, -0.2) is 43.8 Å². The van der Waals surface area contributed by atoms with Crippen molar-refractivity contribution in [3.63, 3.8) is 0 Å². The van der Waals surface area contributed by atoms with Crippen molar-refractivity contribution in [3.05, 3.63) is 70.6 Å². The summed E-state index contributed by atoms with van der Waals surface area (Å²) in [6.45, 7) is 3.57. The molecule has 0 radical (unpaired) electrons. The van der Waals surface area contributed by atoms with E-state index in [1.807, 2.05) is 38.1 Å². The molecule has 2 heterocycles. The first-order valence-corrected chi connectivity index (χ1v) is 12.2. The van der Waals surface area contributed by atoms with Gasteiger partial charge in [0.2, 0.25) is 11.8 Å². The predicted octanol–water partition coefficient (Wildman–Crippen LogP) is 2.68. The molecule has 2 N–H and O–H groups in total. The molecule has 1 aliphatic rings. The summed E-state index contributed by atoms with van der Waals surface area (Å²) in [5.74, 6) is -1.91. The molecule has 2 amide bonds. The van der Waals surface area contributed by atoms with Gasteiger partial charge < -0.3 is 10.6 Å². The van der Waals surface area contributed by atoms with Crippen molar-refractivity contribution in [2.75, 3.05) is 18.6 Å². The Kier molecular flexibility index (Phi) is 6.97. The van der Waals surface area contributed by atoms with Gasteiger partial charge in [-0.15, -0.1) is 0 Å². The van der Waals surface area contributed by atoms with Gasteiger partial charge in [0.25, 0.3) is 6.43 Å². The van der Waals surface area contributed by atoms with Crippen molar-refractivity contribution in [2.24, 2.45) is 0 Å². The molecular formula is C23H25F2N3O4S. The van der Waals surface area contributed by atoms with Crippen molar-refractivity contribution in [1.29, 1.82) is 0 Å². The highest BCUT2D eigenvalue weighted by molar-refractivity contribution is 7.91. The normalized spacial score (nSPS) is 18.9. The number of sulfone groups is 1. The van der Waals surface area contributed by atoms with E-state index in [1.165, 1.54) is 12.1 Å². The second-order valence-electron chi connectivity index (χ2n) is 8.41. The van der Waals surface area contributed by atoms with Crippen LogP contribution in [-0.2, 0) is 25.0 Å². The van der Waals surface area contributed by atoms with Crippen LogP contribution in [0.1, 0.15) is 42.2 Å². The molecule has 0 fully saturated rings. The Hall–Kier alpha value is -3.14. The van der Waals surface area contributed by atoms with Crippen LogP contribution in [0, 0.1) is 6.92 Å².